The third-order valence-corrected chi connectivity index (χ3v) is 5.68. The van der Waals surface area contributed by atoms with Gasteiger partial charge in [-0.3, -0.25) is 0 Å². The zero-order valence-electron chi connectivity index (χ0n) is 15.6. The summed E-state index contributed by atoms with van der Waals surface area (Å²) in [6, 6.07) is 10.4. The highest BCUT2D eigenvalue weighted by molar-refractivity contribution is 14.0. The SMILES string of the molecule is CCNC(=NCc1nc(C(F)(F)F)cs1)NCC1(c2ccccc2)CCC1.I. The van der Waals surface area contributed by atoms with Crippen LogP contribution in [0.2, 0.25) is 0 Å². The van der Waals surface area contributed by atoms with Gasteiger partial charge in [0.1, 0.15) is 5.01 Å². The molecule has 0 aliphatic heterocycles. The third-order valence-electron chi connectivity index (χ3n) is 4.85. The monoisotopic (exact) mass is 524 g/mol. The molecule has 0 spiro atoms. The lowest BCUT2D eigenvalue weighted by Crippen LogP contribution is -2.48. The maximum atomic E-state index is 12.7. The molecule has 28 heavy (non-hydrogen) atoms. The number of aromatic nitrogens is 1. The predicted octanol–water partition coefficient (Wildman–Crippen LogP) is 4.96. The van der Waals surface area contributed by atoms with Gasteiger partial charge in [0.2, 0.25) is 0 Å². The molecule has 9 heteroatoms. The molecule has 0 radical (unpaired) electrons. The van der Waals surface area contributed by atoms with Gasteiger partial charge >= 0.3 is 6.18 Å². The Hall–Kier alpha value is -1.36. The van der Waals surface area contributed by atoms with Crippen LogP contribution in [0, 0.1) is 0 Å². The number of rotatable bonds is 6. The van der Waals surface area contributed by atoms with Crippen LogP contribution in [0.5, 0.6) is 0 Å². The quantitative estimate of drug-likeness (QED) is 0.319. The van der Waals surface area contributed by atoms with E-state index >= 15 is 0 Å². The highest BCUT2D eigenvalue weighted by atomic mass is 127. The number of benzene rings is 1. The van der Waals surface area contributed by atoms with E-state index in [-0.39, 0.29) is 35.9 Å². The fraction of sp³-hybridized carbons (Fsp3) is 0.474. The number of nitrogens with zero attached hydrogens (tertiary/aromatic N) is 2. The van der Waals surface area contributed by atoms with Crippen molar-refractivity contribution in [1.82, 2.24) is 15.6 Å². The van der Waals surface area contributed by atoms with Crippen molar-refractivity contribution < 1.29 is 13.2 Å². The first-order valence-corrected chi connectivity index (χ1v) is 9.90. The van der Waals surface area contributed by atoms with Gasteiger partial charge in [-0.25, -0.2) is 9.98 Å². The Morgan fingerprint density at radius 1 is 1.21 bits per heavy atom. The van der Waals surface area contributed by atoms with Gasteiger partial charge in [-0.1, -0.05) is 36.8 Å². The molecule has 4 nitrogen and oxygen atoms in total. The van der Waals surface area contributed by atoms with Crippen molar-refractivity contribution in [2.24, 2.45) is 4.99 Å². The average molecular weight is 524 g/mol. The summed E-state index contributed by atoms with van der Waals surface area (Å²) in [4.78, 5) is 8.04. The maximum Gasteiger partial charge on any atom is 0.434 e. The minimum Gasteiger partial charge on any atom is -0.357 e. The number of aliphatic imine (C=N–C) groups is 1. The van der Waals surface area contributed by atoms with Crippen LogP contribution in [-0.4, -0.2) is 24.0 Å². The first-order valence-electron chi connectivity index (χ1n) is 9.02. The van der Waals surface area contributed by atoms with E-state index in [9.17, 15) is 13.2 Å². The lowest BCUT2D eigenvalue weighted by Gasteiger charge is -2.43. The molecule has 154 valence electrons. The van der Waals surface area contributed by atoms with Gasteiger partial charge in [0, 0.05) is 23.9 Å². The van der Waals surface area contributed by atoms with E-state index in [4.69, 9.17) is 0 Å². The van der Waals surface area contributed by atoms with Gasteiger partial charge in [-0.05, 0) is 25.3 Å². The molecule has 0 saturated heterocycles. The van der Waals surface area contributed by atoms with E-state index in [1.807, 2.05) is 13.0 Å². The Kier molecular flexibility index (Phi) is 8.11. The van der Waals surface area contributed by atoms with Crippen molar-refractivity contribution in [3.05, 3.63) is 52.0 Å². The highest BCUT2D eigenvalue weighted by Crippen LogP contribution is 2.43. The van der Waals surface area contributed by atoms with Crippen molar-refractivity contribution in [2.75, 3.05) is 13.1 Å². The second kappa shape index (κ2) is 9.91. The highest BCUT2D eigenvalue weighted by Gasteiger charge is 2.38. The average Bonchev–Trinajstić information content (AvgIpc) is 3.09. The van der Waals surface area contributed by atoms with Crippen LogP contribution in [0.1, 0.15) is 42.5 Å². The molecule has 1 aliphatic carbocycles. The number of nitrogens with one attached hydrogen (secondary N) is 2. The van der Waals surface area contributed by atoms with Gasteiger partial charge in [-0.15, -0.1) is 35.3 Å². The number of halogens is 4. The summed E-state index contributed by atoms with van der Waals surface area (Å²) in [7, 11) is 0. The van der Waals surface area contributed by atoms with Gasteiger partial charge < -0.3 is 10.6 Å². The Bertz CT molecular complexity index is 773. The molecule has 0 amide bonds. The second-order valence-electron chi connectivity index (χ2n) is 6.67. The Morgan fingerprint density at radius 3 is 2.46 bits per heavy atom. The van der Waals surface area contributed by atoms with Gasteiger partial charge in [0.25, 0.3) is 0 Å². The van der Waals surface area contributed by atoms with E-state index in [1.54, 1.807) is 0 Å². The molecule has 1 saturated carbocycles. The lowest BCUT2D eigenvalue weighted by molar-refractivity contribution is -0.140. The van der Waals surface area contributed by atoms with E-state index in [0.717, 1.165) is 36.1 Å². The van der Waals surface area contributed by atoms with Crippen LogP contribution in [0.15, 0.2) is 40.7 Å². The Balaban J connectivity index is 0.00000280. The summed E-state index contributed by atoms with van der Waals surface area (Å²) >= 11 is 0.979. The molecule has 1 fully saturated rings. The summed E-state index contributed by atoms with van der Waals surface area (Å²) in [6.07, 6.45) is -0.979. The molecule has 1 aromatic carbocycles. The zero-order chi connectivity index (χ0) is 19.3. The van der Waals surface area contributed by atoms with Crippen molar-refractivity contribution in [3.8, 4) is 0 Å². The smallest absolute Gasteiger partial charge is 0.357 e. The third kappa shape index (κ3) is 5.59. The van der Waals surface area contributed by atoms with Crippen LogP contribution >= 0.6 is 35.3 Å². The summed E-state index contributed by atoms with van der Waals surface area (Å²) in [5.41, 5.74) is 0.560. The number of hydrogen-bond acceptors (Lipinski definition) is 3. The van der Waals surface area contributed by atoms with Crippen molar-refractivity contribution in [1.29, 1.82) is 0 Å². The van der Waals surface area contributed by atoms with Crippen LogP contribution in [0.3, 0.4) is 0 Å². The lowest BCUT2D eigenvalue weighted by atomic mass is 9.64. The number of hydrogen-bond donors (Lipinski definition) is 2. The van der Waals surface area contributed by atoms with Crippen LogP contribution in [-0.2, 0) is 18.1 Å². The minimum atomic E-state index is -4.41. The molecule has 0 unspecified atom stereocenters. The number of thiazole rings is 1. The zero-order valence-corrected chi connectivity index (χ0v) is 18.7. The number of guanidine groups is 1. The minimum absolute atomic E-state index is 0. The first-order chi connectivity index (χ1) is 12.9. The largest absolute Gasteiger partial charge is 0.434 e. The van der Waals surface area contributed by atoms with Crippen molar-refractivity contribution in [3.63, 3.8) is 0 Å². The van der Waals surface area contributed by atoms with E-state index in [0.29, 0.717) is 17.5 Å². The molecular weight excluding hydrogens is 500 g/mol. The van der Waals surface area contributed by atoms with Crippen molar-refractivity contribution >= 4 is 41.3 Å². The summed E-state index contributed by atoms with van der Waals surface area (Å²) in [5.74, 6) is 0.600. The van der Waals surface area contributed by atoms with Gasteiger partial charge in [0.15, 0.2) is 11.7 Å². The molecular formula is C19H24F3IN4S. The fourth-order valence-electron chi connectivity index (χ4n) is 3.22. The van der Waals surface area contributed by atoms with Gasteiger partial charge in [-0.2, -0.15) is 13.2 Å². The predicted molar refractivity (Wildman–Crippen MR) is 117 cm³/mol. The molecule has 2 N–H and O–H groups in total. The van der Waals surface area contributed by atoms with Crippen molar-refractivity contribution in [2.45, 2.75) is 44.3 Å². The van der Waals surface area contributed by atoms with Crippen LogP contribution < -0.4 is 10.6 Å². The van der Waals surface area contributed by atoms with Crippen LogP contribution in [0.25, 0.3) is 0 Å². The topological polar surface area (TPSA) is 49.3 Å². The molecule has 1 heterocycles. The first kappa shape index (κ1) is 22.9. The molecule has 2 aromatic rings. The van der Waals surface area contributed by atoms with E-state index < -0.39 is 11.9 Å². The summed E-state index contributed by atoms with van der Waals surface area (Å²) < 4.78 is 38.0. The van der Waals surface area contributed by atoms with Gasteiger partial charge in [0.05, 0.1) is 6.54 Å². The normalized spacial score (nSPS) is 16.1. The fourth-order valence-corrected chi connectivity index (χ4v) is 3.94. The maximum absolute atomic E-state index is 12.7. The van der Waals surface area contributed by atoms with E-state index in [1.165, 1.54) is 12.0 Å². The van der Waals surface area contributed by atoms with Crippen LogP contribution in [0.4, 0.5) is 13.2 Å². The Morgan fingerprint density at radius 2 is 1.93 bits per heavy atom. The molecule has 0 bridgehead atoms. The molecule has 1 aromatic heterocycles. The Labute approximate surface area is 184 Å². The summed E-state index contributed by atoms with van der Waals surface area (Å²) in [5, 5.41) is 7.90. The molecule has 0 atom stereocenters. The molecule has 1 aliphatic rings. The number of alkyl halides is 3. The second-order valence-corrected chi connectivity index (χ2v) is 7.62. The van der Waals surface area contributed by atoms with E-state index in [2.05, 4.69) is 44.9 Å². The molecule has 3 rings (SSSR count). The summed E-state index contributed by atoms with van der Waals surface area (Å²) in [6.45, 7) is 3.50. The standard InChI is InChI=1S/C19H23F3N4S.HI/c1-2-23-17(24-11-16-26-15(12-27-16)19(20,21)22)25-13-18(9-6-10-18)14-7-4-3-5-8-14;/h3-5,7-8,12H,2,6,9-11,13H2,1H3,(H2,23,24,25);1H.